The van der Waals surface area contributed by atoms with Crippen LogP contribution < -0.4 is 0 Å². The van der Waals surface area contributed by atoms with Gasteiger partial charge in [0, 0.05) is 4.90 Å². The first-order valence-electron chi connectivity index (χ1n) is 5.16. The highest BCUT2D eigenvalue weighted by Crippen LogP contribution is 2.24. The van der Waals surface area contributed by atoms with Gasteiger partial charge in [-0.2, -0.15) is 0 Å². The Hall–Kier alpha value is -1.03. The normalized spacial score (nSPS) is 10.8. The summed E-state index contributed by atoms with van der Waals surface area (Å²) in [5.41, 5.74) is 0.133. The van der Waals surface area contributed by atoms with Gasteiger partial charge in [-0.15, -0.1) is 11.8 Å². The average molecular weight is 242 g/mol. The standard InChI is InChI=1S/C12H15FO2S/c1-8(2)5-6-16-11-7-9(12(14)15)3-4-10(11)13/h3-4,7-8H,5-6H2,1-2H3,(H,14,15). The summed E-state index contributed by atoms with van der Waals surface area (Å²) in [4.78, 5) is 11.1. The molecule has 0 fully saturated rings. The highest BCUT2D eigenvalue weighted by atomic mass is 32.2. The zero-order valence-corrected chi connectivity index (χ0v) is 10.2. The molecule has 0 heterocycles. The maximum Gasteiger partial charge on any atom is 0.335 e. The Morgan fingerprint density at radius 1 is 1.50 bits per heavy atom. The molecule has 0 aliphatic rings. The fourth-order valence-corrected chi connectivity index (χ4v) is 2.38. The van der Waals surface area contributed by atoms with E-state index < -0.39 is 5.97 Å². The van der Waals surface area contributed by atoms with E-state index in [1.165, 1.54) is 30.0 Å². The van der Waals surface area contributed by atoms with Gasteiger partial charge in [-0.1, -0.05) is 13.8 Å². The maximum atomic E-state index is 13.3. The number of benzene rings is 1. The number of halogens is 1. The van der Waals surface area contributed by atoms with Gasteiger partial charge in [0.1, 0.15) is 5.82 Å². The maximum absolute atomic E-state index is 13.3. The minimum Gasteiger partial charge on any atom is -0.478 e. The van der Waals surface area contributed by atoms with Crippen LogP contribution in [0, 0.1) is 11.7 Å². The highest BCUT2D eigenvalue weighted by molar-refractivity contribution is 7.99. The van der Waals surface area contributed by atoms with Crippen molar-refractivity contribution in [3.63, 3.8) is 0 Å². The largest absolute Gasteiger partial charge is 0.478 e. The smallest absolute Gasteiger partial charge is 0.335 e. The number of hydrogen-bond acceptors (Lipinski definition) is 2. The van der Waals surface area contributed by atoms with E-state index in [0.29, 0.717) is 10.8 Å². The van der Waals surface area contributed by atoms with Gasteiger partial charge in [-0.25, -0.2) is 9.18 Å². The fraction of sp³-hybridized carbons (Fsp3) is 0.417. The van der Waals surface area contributed by atoms with Crippen molar-refractivity contribution >= 4 is 17.7 Å². The van der Waals surface area contributed by atoms with Crippen LogP contribution >= 0.6 is 11.8 Å². The topological polar surface area (TPSA) is 37.3 Å². The highest BCUT2D eigenvalue weighted by Gasteiger charge is 2.08. The summed E-state index contributed by atoms with van der Waals surface area (Å²) < 4.78 is 13.3. The van der Waals surface area contributed by atoms with Crippen LogP contribution in [0.15, 0.2) is 23.1 Å². The van der Waals surface area contributed by atoms with Gasteiger partial charge >= 0.3 is 5.97 Å². The van der Waals surface area contributed by atoms with Crippen LogP contribution in [-0.2, 0) is 0 Å². The molecular weight excluding hydrogens is 227 g/mol. The molecule has 4 heteroatoms. The monoisotopic (exact) mass is 242 g/mol. The number of aromatic carboxylic acids is 1. The van der Waals surface area contributed by atoms with Gasteiger partial charge in [0.15, 0.2) is 0 Å². The molecule has 0 radical (unpaired) electrons. The molecule has 0 saturated heterocycles. The lowest BCUT2D eigenvalue weighted by Crippen LogP contribution is -1.97. The van der Waals surface area contributed by atoms with Gasteiger partial charge in [0.05, 0.1) is 5.56 Å². The molecule has 0 amide bonds. The van der Waals surface area contributed by atoms with Crippen molar-refractivity contribution in [1.82, 2.24) is 0 Å². The summed E-state index contributed by atoms with van der Waals surface area (Å²) in [5.74, 6) is 0.000162. The first kappa shape index (κ1) is 13.0. The van der Waals surface area contributed by atoms with Crippen LogP contribution in [0.3, 0.4) is 0 Å². The third-order valence-electron chi connectivity index (χ3n) is 2.13. The summed E-state index contributed by atoms with van der Waals surface area (Å²) in [6.07, 6.45) is 0.988. The molecule has 1 N–H and O–H groups in total. The first-order chi connectivity index (χ1) is 7.50. The Morgan fingerprint density at radius 2 is 2.19 bits per heavy atom. The molecule has 1 aromatic carbocycles. The second kappa shape index (κ2) is 5.89. The zero-order chi connectivity index (χ0) is 12.1. The molecule has 0 saturated carbocycles. The number of rotatable bonds is 5. The van der Waals surface area contributed by atoms with Crippen molar-refractivity contribution in [3.8, 4) is 0 Å². The first-order valence-corrected chi connectivity index (χ1v) is 6.15. The molecule has 2 nitrogen and oxygen atoms in total. The van der Waals surface area contributed by atoms with Gasteiger partial charge in [-0.3, -0.25) is 0 Å². The van der Waals surface area contributed by atoms with E-state index in [0.717, 1.165) is 12.2 Å². The average Bonchev–Trinajstić information content (AvgIpc) is 2.20. The zero-order valence-electron chi connectivity index (χ0n) is 9.37. The Kier molecular flexibility index (Phi) is 4.80. The number of hydrogen-bond donors (Lipinski definition) is 1. The lowest BCUT2D eigenvalue weighted by molar-refractivity contribution is 0.0696. The number of carbonyl (C=O) groups is 1. The molecule has 0 spiro atoms. The molecule has 88 valence electrons. The van der Waals surface area contributed by atoms with E-state index in [4.69, 9.17) is 5.11 Å². The third kappa shape index (κ3) is 3.85. The van der Waals surface area contributed by atoms with Gasteiger partial charge < -0.3 is 5.11 Å². The van der Waals surface area contributed by atoms with Crippen LogP contribution in [0.25, 0.3) is 0 Å². The fourth-order valence-electron chi connectivity index (χ4n) is 1.15. The SMILES string of the molecule is CC(C)CCSc1cc(C(=O)O)ccc1F. The Labute approximate surface area is 98.9 Å². The van der Waals surface area contributed by atoms with Crippen molar-refractivity contribution in [2.45, 2.75) is 25.2 Å². The molecule has 0 unspecified atom stereocenters. The van der Waals surface area contributed by atoms with E-state index in [1.807, 2.05) is 0 Å². The second-order valence-corrected chi connectivity index (χ2v) is 5.12. The quantitative estimate of drug-likeness (QED) is 0.800. The molecule has 0 aliphatic heterocycles. The summed E-state index contributed by atoms with van der Waals surface area (Å²) in [7, 11) is 0. The molecule has 16 heavy (non-hydrogen) atoms. The van der Waals surface area contributed by atoms with E-state index in [2.05, 4.69) is 13.8 Å². The van der Waals surface area contributed by atoms with Gasteiger partial charge in [0.25, 0.3) is 0 Å². The van der Waals surface area contributed by atoms with Gasteiger partial charge in [-0.05, 0) is 36.3 Å². The third-order valence-corrected chi connectivity index (χ3v) is 3.19. The molecule has 0 aliphatic carbocycles. The van der Waals surface area contributed by atoms with E-state index in [1.54, 1.807) is 0 Å². The Morgan fingerprint density at radius 3 is 2.75 bits per heavy atom. The van der Waals surface area contributed by atoms with E-state index >= 15 is 0 Å². The van der Waals surface area contributed by atoms with Crippen LogP contribution in [-0.4, -0.2) is 16.8 Å². The minimum atomic E-state index is -1.02. The molecule has 0 atom stereocenters. The molecule has 1 rings (SSSR count). The number of carboxylic acid groups (broad SMARTS) is 1. The van der Waals surface area contributed by atoms with Crippen LogP contribution in [0.4, 0.5) is 4.39 Å². The second-order valence-electron chi connectivity index (χ2n) is 3.98. The van der Waals surface area contributed by atoms with Crippen LogP contribution in [0.2, 0.25) is 0 Å². The summed E-state index contributed by atoms with van der Waals surface area (Å²) >= 11 is 1.37. The van der Waals surface area contributed by atoms with Gasteiger partial charge in [0.2, 0.25) is 0 Å². The summed E-state index contributed by atoms with van der Waals surface area (Å²) in [6.45, 7) is 4.20. The lowest BCUT2D eigenvalue weighted by Gasteiger charge is -2.06. The predicted molar refractivity (Wildman–Crippen MR) is 63.5 cm³/mol. The van der Waals surface area contributed by atoms with Crippen LogP contribution in [0.5, 0.6) is 0 Å². The Bertz CT molecular complexity index is 377. The number of thioether (sulfide) groups is 1. The molecule has 1 aromatic rings. The van der Waals surface area contributed by atoms with Crippen molar-refractivity contribution in [1.29, 1.82) is 0 Å². The van der Waals surface area contributed by atoms with E-state index in [-0.39, 0.29) is 11.4 Å². The van der Waals surface area contributed by atoms with Crippen molar-refractivity contribution in [2.75, 3.05) is 5.75 Å². The molecular formula is C12H15FO2S. The summed E-state index contributed by atoms with van der Waals surface area (Å²) in [5, 5.41) is 8.78. The van der Waals surface area contributed by atoms with Crippen LogP contribution in [0.1, 0.15) is 30.6 Å². The van der Waals surface area contributed by atoms with Crippen molar-refractivity contribution in [2.24, 2.45) is 5.92 Å². The number of carboxylic acids is 1. The Balaban J connectivity index is 2.70. The molecule has 0 bridgehead atoms. The molecule has 0 aromatic heterocycles. The predicted octanol–water partition coefficient (Wildman–Crippen LogP) is 3.66. The van der Waals surface area contributed by atoms with Crippen molar-refractivity contribution in [3.05, 3.63) is 29.6 Å². The lowest BCUT2D eigenvalue weighted by atomic mass is 10.2. The summed E-state index contributed by atoms with van der Waals surface area (Å²) in [6, 6.07) is 3.88. The van der Waals surface area contributed by atoms with Crippen molar-refractivity contribution < 1.29 is 14.3 Å². The minimum absolute atomic E-state index is 0.133. The van der Waals surface area contributed by atoms with E-state index in [9.17, 15) is 9.18 Å².